The molecule has 0 aliphatic rings. The van der Waals surface area contributed by atoms with Crippen molar-refractivity contribution in [2.45, 2.75) is 59.3 Å². The molecule has 84 valence electrons. The Bertz CT molecular complexity index is 286. The first-order valence-electron chi connectivity index (χ1n) is 6.42. The van der Waals surface area contributed by atoms with E-state index in [1.165, 1.54) is 37.7 Å². The van der Waals surface area contributed by atoms with Gasteiger partial charge in [0.2, 0.25) is 0 Å². The van der Waals surface area contributed by atoms with Gasteiger partial charge in [0.25, 0.3) is 0 Å². The van der Waals surface area contributed by atoms with E-state index < -0.39 is 0 Å². The number of benzene rings is 1. The molecule has 1 rings (SSSR count). The summed E-state index contributed by atoms with van der Waals surface area (Å²) < 4.78 is 0. The Kier molecular flexibility index (Phi) is 5.45. The topological polar surface area (TPSA) is 0 Å². The van der Waals surface area contributed by atoms with Crippen molar-refractivity contribution in [3.63, 3.8) is 0 Å². The smallest absolute Gasteiger partial charge is 0.0276 e. The maximum atomic E-state index is 2.41. The highest BCUT2D eigenvalue weighted by Gasteiger charge is 2.01. The molecular formula is C15H24. The third-order valence-electron chi connectivity index (χ3n) is 3.11. The van der Waals surface area contributed by atoms with Gasteiger partial charge < -0.3 is 0 Å². The molecule has 0 saturated heterocycles. The second-order valence-corrected chi connectivity index (χ2v) is 4.27. The lowest BCUT2D eigenvalue weighted by Crippen LogP contribution is -1.95. The van der Waals surface area contributed by atoms with E-state index in [1.807, 2.05) is 0 Å². The molecule has 0 aromatic heterocycles. The summed E-state index contributed by atoms with van der Waals surface area (Å²) in [6.07, 6.45) is 7.62. The number of hydrogen-bond acceptors (Lipinski definition) is 0. The minimum Gasteiger partial charge on any atom is -0.0654 e. The normalized spacial score (nSPS) is 10.6. The highest BCUT2D eigenvalue weighted by Crippen LogP contribution is 2.16. The van der Waals surface area contributed by atoms with Crippen molar-refractivity contribution in [1.82, 2.24) is 0 Å². The first-order chi connectivity index (χ1) is 7.31. The average Bonchev–Trinajstić information content (AvgIpc) is 2.29. The van der Waals surface area contributed by atoms with Crippen molar-refractivity contribution in [2.75, 3.05) is 0 Å². The summed E-state index contributed by atoms with van der Waals surface area (Å²) in [5, 5.41) is 0. The van der Waals surface area contributed by atoms with Gasteiger partial charge in [-0.3, -0.25) is 0 Å². The Labute approximate surface area is 94.7 Å². The van der Waals surface area contributed by atoms with Gasteiger partial charge in [-0.25, -0.2) is 0 Å². The van der Waals surface area contributed by atoms with Gasteiger partial charge in [-0.05, 0) is 42.4 Å². The monoisotopic (exact) mass is 204 g/mol. The molecule has 0 heteroatoms. The Morgan fingerprint density at radius 2 is 1.67 bits per heavy atom. The lowest BCUT2D eigenvalue weighted by molar-refractivity contribution is 0.713. The van der Waals surface area contributed by atoms with Crippen molar-refractivity contribution < 1.29 is 0 Å². The van der Waals surface area contributed by atoms with E-state index in [4.69, 9.17) is 0 Å². The predicted molar refractivity (Wildman–Crippen MR) is 68.4 cm³/mol. The predicted octanol–water partition coefficient (Wildman–Crippen LogP) is 4.54. The van der Waals surface area contributed by atoms with Gasteiger partial charge >= 0.3 is 0 Å². The van der Waals surface area contributed by atoms with E-state index in [2.05, 4.69) is 39.0 Å². The molecule has 0 unspecified atom stereocenters. The van der Waals surface area contributed by atoms with E-state index in [0.717, 1.165) is 6.42 Å². The van der Waals surface area contributed by atoms with E-state index in [1.54, 1.807) is 11.1 Å². The van der Waals surface area contributed by atoms with Crippen LogP contribution in [0.4, 0.5) is 0 Å². The molecule has 1 aromatic carbocycles. The third-order valence-corrected chi connectivity index (χ3v) is 3.11. The van der Waals surface area contributed by atoms with Crippen LogP contribution in [-0.2, 0) is 19.3 Å². The molecule has 0 fully saturated rings. The first-order valence-corrected chi connectivity index (χ1v) is 6.42. The molecule has 0 aliphatic heterocycles. The van der Waals surface area contributed by atoms with Crippen LogP contribution in [0.3, 0.4) is 0 Å². The molecule has 0 nitrogen and oxygen atoms in total. The lowest BCUT2D eigenvalue weighted by atomic mass is 9.96. The van der Waals surface area contributed by atoms with Crippen LogP contribution < -0.4 is 0 Å². The third kappa shape index (κ3) is 3.70. The molecule has 0 radical (unpaired) electrons. The molecule has 1 aromatic rings. The summed E-state index contributed by atoms with van der Waals surface area (Å²) in [5.74, 6) is 0. The minimum absolute atomic E-state index is 1.16. The van der Waals surface area contributed by atoms with E-state index in [0.29, 0.717) is 0 Å². The molecular weight excluding hydrogens is 180 g/mol. The van der Waals surface area contributed by atoms with Crippen LogP contribution in [0.25, 0.3) is 0 Å². The van der Waals surface area contributed by atoms with E-state index >= 15 is 0 Å². The van der Waals surface area contributed by atoms with Crippen LogP contribution >= 0.6 is 0 Å². The molecule has 0 N–H and O–H groups in total. The lowest BCUT2D eigenvalue weighted by Gasteiger charge is -2.09. The largest absolute Gasteiger partial charge is 0.0654 e. The van der Waals surface area contributed by atoms with Crippen LogP contribution in [0.2, 0.25) is 0 Å². The van der Waals surface area contributed by atoms with Crippen LogP contribution in [0.1, 0.15) is 56.7 Å². The number of rotatable bonds is 6. The Hall–Kier alpha value is -0.780. The average molecular weight is 204 g/mol. The molecule has 0 aliphatic carbocycles. The maximum Gasteiger partial charge on any atom is -0.0276 e. The molecule has 0 spiro atoms. The van der Waals surface area contributed by atoms with Crippen LogP contribution in [0.5, 0.6) is 0 Å². The zero-order chi connectivity index (χ0) is 11.1. The molecule has 0 atom stereocenters. The summed E-state index contributed by atoms with van der Waals surface area (Å²) in [4.78, 5) is 0. The zero-order valence-electron chi connectivity index (χ0n) is 10.5. The molecule has 0 heterocycles. The van der Waals surface area contributed by atoms with Crippen LogP contribution in [0.15, 0.2) is 18.2 Å². The van der Waals surface area contributed by atoms with E-state index in [9.17, 15) is 0 Å². The molecule has 15 heavy (non-hydrogen) atoms. The minimum atomic E-state index is 1.16. The number of aryl methyl sites for hydroxylation is 3. The molecule has 0 bridgehead atoms. The summed E-state index contributed by atoms with van der Waals surface area (Å²) in [5.41, 5.74) is 4.62. The fourth-order valence-electron chi connectivity index (χ4n) is 2.04. The highest BCUT2D eigenvalue weighted by molar-refractivity contribution is 5.32. The summed E-state index contributed by atoms with van der Waals surface area (Å²) >= 11 is 0. The van der Waals surface area contributed by atoms with Crippen molar-refractivity contribution in [3.05, 3.63) is 34.9 Å². The molecule has 0 saturated carbocycles. The van der Waals surface area contributed by atoms with Crippen molar-refractivity contribution in [2.24, 2.45) is 0 Å². The van der Waals surface area contributed by atoms with Gasteiger partial charge in [0.15, 0.2) is 0 Å². The summed E-state index contributed by atoms with van der Waals surface area (Å²) in [6, 6.07) is 7.01. The molecule has 0 amide bonds. The number of unbranched alkanes of at least 4 members (excludes halogenated alkanes) is 2. The fourth-order valence-corrected chi connectivity index (χ4v) is 2.04. The maximum absolute atomic E-state index is 2.41. The van der Waals surface area contributed by atoms with Gasteiger partial charge in [-0.2, -0.15) is 0 Å². The second-order valence-electron chi connectivity index (χ2n) is 4.27. The van der Waals surface area contributed by atoms with Crippen molar-refractivity contribution >= 4 is 0 Å². The first kappa shape index (κ1) is 12.3. The van der Waals surface area contributed by atoms with E-state index in [-0.39, 0.29) is 0 Å². The SMILES string of the molecule is CCCCCc1cc(CC)ccc1CC. The van der Waals surface area contributed by atoms with Crippen molar-refractivity contribution in [3.8, 4) is 0 Å². The van der Waals surface area contributed by atoms with Gasteiger partial charge in [-0.15, -0.1) is 0 Å². The Morgan fingerprint density at radius 3 is 2.27 bits per heavy atom. The van der Waals surface area contributed by atoms with Gasteiger partial charge in [0.05, 0.1) is 0 Å². The second kappa shape index (κ2) is 6.66. The Balaban J connectivity index is 2.72. The van der Waals surface area contributed by atoms with Crippen molar-refractivity contribution in [1.29, 1.82) is 0 Å². The van der Waals surface area contributed by atoms with Crippen LogP contribution in [0, 0.1) is 0 Å². The summed E-state index contributed by atoms with van der Waals surface area (Å²) in [6.45, 7) is 6.75. The highest BCUT2D eigenvalue weighted by atomic mass is 14.1. The zero-order valence-corrected chi connectivity index (χ0v) is 10.5. The number of hydrogen-bond donors (Lipinski definition) is 0. The van der Waals surface area contributed by atoms with Gasteiger partial charge in [-0.1, -0.05) is 51.8 Å². The Morgan fingerprint density at radius 1 is 0.867 bits per heavy atom. The van der Waals surface area contributed by atoms with Crippen LogP contribution in [-0.4, -0.2) is 0 Å². The van der Waals surface area contributed by atoms with Gasteiger partial charge in [0.1, 0.15) is 0 Å². The quantitative estimate of drug-likeness (QED) is 0.597. The summed E-state index contributed by atoms with van der Waals surface area (Å²) in [7, 11) is 0. The van der Waals surface area contributed by atoms with Gasteiger partial charge in [0, 0.05) is 0 Å². The standard InChI is InChI=1S/C15H24/c1-4-7-8-9-15-12-13(5-2)10-11-14(15)6-3/h10-12H,4-9H2,1-3H3. The fraction of sp³-hybridized carbons (Fsp3) is 0.600.